The Labute approximate surface area is 206 Å². The lowest BCUT2D eigenvalue weighted by molar-refractivity contribution is 0.104. The molecule has 0 saturated carbocycles. The highest BCUT2D eigenvalue weighted by molar-refractivity contribution is 5.74. The lowest BCUT2D eigenvalue weighted by Crippen LogP contribution is -2.50. The average Bonchev–Trinajstić information content (AvgIpc) is 3.29. The first-order chi connectivity index (χ1) is 17.0. The molecule has 0 bridgehead atoms. The molecular weight excluding hydrogens is 453 g/mol. The number of hydrogen-bond donors (Lipinski definition) is 4. The first kappa shape index (κ1) is 26.7. The number of ether oxygens (including phenoxy) is 2. The molecule has 1 fully saturated rings. The molecule has 0 unspecified atom stereocenters. The van der Waals surface area contributed by atoms with Crippen LogP contribution in [-0.2, 0) is 6.54 Å². The Morgan fingerprint density at radius 1 is 1.14 bits per heavy atom. The minimum absolute atomic E-state index is 0.329. The highest BCUT2D eigenvalue weighted by atomic mass is 19.1. The second-order valence-corrected chi connectivity index (χ2v) is 8.74. The monoisotopic (exact) mass is 489 g/mol. The van der Waals surface area contributed by atoms with Crippen LogP contribution >= 0.6 is 0 Å². The number of methoxy groups -OCH3 is 1. The Morgan fingerprint density at radius 3 is 2.49 bits per heavy atom. The first-order valence-electron chi connectivity index (χ1n) is 12.0. The maximum Gasteiger partial charge on any atom is 0.315 e. The van der Waals surface area contributed by atoms with Crippen LogP contribution in [0.5, 0.6) is 11.5 Å². The number of β-amino-alcohol motifs (C(OH)–C–C–N with tert-alkyl or cyclic N) is 1. The van der Waals surface area contributed by atoms with Gasteiger partial charge in [0.2, 0.25) is 0 Å². The minimum atomic E-state index is -0.958. The summed E-state index contributed by atoms with van der Waals surface area (Å²) in [4.78, 5) is 14.7. The smallest absolute Gasteiger partial charge is 0.315 e. The molecule has 1 aliphatic heterocycles. The lowest BCUT2D eigenvalue weighted by Gasteiger charge is -2.29. The van der Waals surface area contributed by atoms with E-state index in [-0.39, 0.29) is 6.67 Å². The van der Waals surface area contributed by atoms with Gasteiger partial charge in [-0.3, -0.25) is 9.29 Å². The van der Waals surface area contributed by atoms with Gasteiger partial charge >= 0.3 is 6.03 Å². The molecule has 9 heteroatoms. The molecule has 192 valence electrons. The minimum Gasteiger partial charge on any atom is -0.497 e. The van der Waals surface area contributed by atoms with Crippen LogP contribution in [0, 0.1) is 0 Å². The van der Waals surface area contributed by atoms with Crippen molar-refractivity contribution >= 4 is 6.03 Å². The Bertz CT molecular complexity index is 897. The van der Waals surface area contributed by atoms with Gasteiger partial charge in [-0.05, 0) is 54.7 Å². The van der Waals surface area contributed by atoms with Crippen LogP contribution < -0.4 is 20.1 Å². The SMILES string of the molecule is COc1ccc(CNC(=O)N[C@H](CN2CC[C@@H](O)C2)[C@H](O)c2ccc(OCCCCF)cc2)cc1. The van der Waals surface area contributed by atoms with Crippen molar-refractivity contribution in [1.29, 1.82) is 0 Å². The molecule has 1 aliphatic rings. The van der Waals surface area contributed by atoms with E-state index in [1.165, 1.54) is 0 Å². The van der Waals surface area contributed by atoms with E-state index in [4.69, 9.17) is 9.47 Å². The predicted octanol–water partition coefficient (Wildman–Crippen LogP) is 2.79. The second-order valence-electron chi connectivity index (χ2n) is 8.74. The number of benzene rings is 2. The van der Waals surface area contributed by atoms with E-state index in [1.54, 1.807) is 31.4 Å². The highest BCUT2D eigenvalue weighted by Gasteiger charge is 2.29. The number of amides is 2. The number of aliphatic hydroxyl groups is 2. The third-order valence-electron chi connectivity index (χ3n) is 6.03. The van der Waals surface area contributed by atoms with Gasteiger partial charge in [0, 0.05) is 26.2 Å². The van der Waals surface area contributed by atoms with Gasteiger partial charge in [0.1, 0.15) is 17.6 Å². The number of carbonyl (C=O) groups excluding carboxylic acids is 1. The van der Waals surface area contributed by atoms with Crippen LogP contribution in [0.25, 0.3) is 0 Å². The molecule has 2 aromatic carbocycles. The summed E-state index contributed by atoms with van der Waals surface area (Å²) < 4.78 is 23.0. The van der Waals surface area contributed by atoms with Crippen LogP contribution in [0.3, 0.4) is 0 Å². The zero-order valence-electron chi connectivity index (χ0n) is 20.2. The summed E-state index contributed by atoms with van der Waals surface area (Å²) in [6.45, 7) is 2.01. The number of nitrogens with one attached hydrogen (secondary N) is 2. The Morgan fingerprint density at radius 2 is 1.86 bits per heavy atom. The molecular formula is C26H36FN3O5. The van der Waals surface area contributed by atoms with Crippen molar-refractivity contribution < 1.29 is 28.9 Å². The van der Waals surface area contributed by atoms with Crippen LogP contribution in [0.15, 0.2) is 48.5 Å². The maximum atomic E-state index is 12.7. The number of nitrogens with zero attached hydrogens (tertiary/aromatic N) is 1. The molecule has 0 radical (unpaired) electrons. The van der Waals surface area contributed by atoms with Crippen LogP contribution in [0.2, 0.25) is 0 Å². The molecule has 4 N–H and O–H groups in total. The van der Waals surface area contributed by atoms with Gasteiger partial charge in [-0.2, -0.15) is 0 Å². The van der Waals surface area contributed by atoms with E-state index < -0.39 is 24.3 Å². The summed E-state index contributed by atoms with van der Waals surface area (Å²) in [5.74, 6) is 1.38. The van der Waals surface area contributed by atoms with Crippen molar-refractivity contribution in [1.82, 2.24) is 15.5 Å². The van der Waals surface area contributed by atoms with E-state index in [0.717, 1.165) is 11.3 Å². The first-order valence-corrected chi connectivity index (χ1v) is 12.0. The van der Waals surface area contributed by atoms with E-state index in [1.807, 2.05) is 29.2 Å². The summed E-state index contributed by atoms with van der Waals surface area (Å²) in [5, 5.41) is 26.7. The molecule has 35 heavy (non-hydrogen) atoms. The quantitative estimate of drug-likeness (QED) is 0.323. The van der Waals surface area contributed by atoms with E-state index in [9.17, 15) is 19.4 Å². The molecule has 0 spiro atoms. The molecule has 1 saturated heterocycles. The van der Waals surface area contributed by atoms with E-state index in [2.05, 4.69) is 10.6 Å². The summed E-state index contributed by atoms with van der Waals surface area (Å²) >= 11 is 0. The zero-order valence-corrected chi connectivity index (χ0v) is 20.2. The van der Waals surface area contributed by atoms with Gasteiger partial charge in [0.05, 0.1) is 32.5 Å². The molecule has 2 aromatic rings. The number of hydrogen-bond acceptors (Lipinski definition) is 6. The number of rotatable bonds is 13. The van der Waals surface area contributed by atoms with Crippen molar-refractivity contribution in [2.75, 3.05) is 40.0 Å². The fraction of sp³-hybridized carbons (Fsp3) is 0.500. The van der Waals surface area contributed by atoms with Gasteiger partial charge in [-0.15, -0.1) is 0 Å². The predicted molar refractivity (Wildman–Crippen MR) is 131 cm³/mol. The van der Waals surface area contributed by atoms with Crippen LogP contribution in [0.1, 0.15) is 36.5 Å². The molecule has 0 aromatic heterocycles. The van der Waals surface area contributed by atoms with Gasteiger partial charge in [0.15, 0.2) is 0 Å². The number of likely N-dealkylation sites (tertiary alicyclic amines) is 1. The standard InChI is InChI=1S/C26H36FN3O5/c1-34-22-8-4-19(5-9-22)16-28-26(33)29-24(18-30-14-12-21(31)17-30)25(32)20-6-10-23(11-7-20)35-15-3-2-13-27/h4-11,21,24-25,31-32H,2-3,12-18H2,1H3,(H2,28,29,33)/t21-,24-,25-/m1/s1. The van der Waals surface area contributed by atoms with Gasteiger partial charge in [-0.1, -0.05) is 24.3 Å². The molecule has 2 amide bonds. The lowest BCUT2D eigenvalue weighted by atomic mass is 10.0. The average molecular weight is 490 g/mol. The van der Waals surface area contributed by atoms with Crippen molar-refractivity contribution in [3.8, 4) is 11.5 Å². The topological polar surface area (TPSA) is 103 Å². The van der Waals surface area contributed by atoms with Crippen molar-refractivity contribution in [2.24, 2.45) is 0 Å². The van der Waals surface area contributed by atoms with Crippen LogP contribution in [-0.4, -0.2) is 73.3 Å². The number of aliphatic hydroxyl groups excluding tert-OH is 2. The molecule has 0 aliphatic carbocycles. The molecule has 3 atom stereocenters. The number of carbonyl (C=O) groups is 1. The Balaban J connectivity index is 1.60. The van der Waals surface area contributed by atoms with Crippen molar-refractivity contribution in [2.45, 2.75) is 44.1 Å². The highest BCUT2D eigenvalue weighted by Crippen LogP contribution is 2.22. The zero-order chi connectivity index (χ0) is 25.0. The third kappa shape index (κ3) is 8.69. The molecule has 3 rings (SSSR count). The second kappa shape index (κ2) is 13.9. The normalized spacial score (nSPS) is 17.5. The maximum absolute atomic E-state index is 12.7. The third-order valence-corrected chi connectivity index (χ3v) is 6.03. The van der Waals surface area contributed by atoms with Gasteiger partial charge in [-0.25, -0.2) is 4.79 Å². The summed E-state index contributed by atoms with van der Waals surface area (Å²) in [6.07, 6.45) is 0.419. The van der Waals surface area contributed by atoms with Crippen molar-refractivity contribution in [3.05, 3.63) is 59.7 Å². The number of alkyl halides is 1. The summed E-state index contributed by atoms with van der Waals surface area (Å²) in [5.41, 5.74) is 1.56. The largest absolute Gasteiger partial charge is 0.497 e. The Hall–Kier alpha value is -2.88. The fourth-order valence-electron chi connectivity index (χ4n) is 4.01. The number of halogens is 1. The Kier molecular flexibility index (Phi) is 10.6. The van der Waals surface area contributed by atoms with E-state index >= 15 is 0 Å². The number of urea groups is 1. The molecule has 8 nitrogen and oxygen atoms in total. The van der Waals surface area contributed by atoms with Crippen molar-refractivity contribution in [3.63, 3.8) is 0 Å². The fourth-order valence-corrected chi connectivity index (χ4v) is 4.01. The summed E-state index contributed by atoms with van der Waals surface area (Å²) in [7, 11) is 1.60. The van der Waals surface area contributed by atoms with E-state index in [0.29, 0.717) is 63.4 Å². The van der Waals surface area contributed by atoms with Gasteiger partial charge < -0.3 is 30.3 Å². The molecule has 1 heterocycles. The van der Waals surface area contributed by atoms with Crippen LogP contribution in [0.4, 0.5) is 9.18 Å². The summed E-state index contributed by atoms with van der Waals surface area (Å²) in [6, 6.07) is 13.5. The number of unbranched alkanes of at least 4 members (excludes halogenated alkanes) is 1. The van der Waals surface area contributed by atoms with Gasteiger partial charge in [0.25, 0.3) is 0 Å².